The second-order valence-electron chi connectivity index (χ2n) is 7.94. The first-order valence-corrected chi connectivity index (χ1v) is 9.90. The normalized spacial score (nSPS) is 11.5. The van der Waals surface area contributed by atoms with E-state index in [-0.39, 0.29) is 27.6 Å². The molecule has 0 aliphatic heterocycles. The number of nitrogens with two attached hydrogens (primary N) is 2. The Kier molecular flexibility index (Phi) is 4.06. The van der Waals surface area contributed by atoms with E-state index in [0.717, 1.165) is 0 Å². The Hall–Kier alpha value is -4.72. The van der Waals surface area contributed by atoms with E-state index >= 15 is 0 Å². The number of aryl methyl sites for hydroxylation is 1. The number of carbonyl (C=O) groups is 4. The fourth-order valence-electron chi connectivity index (χ4n) is 4.96. The highest BCUT2D eigenvalue weighted by Gasteiger charge is 2.25. The number of hydrogen-bond donors (Lipinski definition) is 4. The topological polar surface area (TPSA) is 161 Å². The van der Waals surface area contributed by atoms with Crippen LogP contribution in [0.3, 0.4) is 0 Å². The van der Waals surface area contributed by atoms with Gasteiger partial charge in [0.2, 0.25) is 11.8 Å². The number of hydrogen-bond acceptors (Lipinski definition) is 4. The summed E-state index contributed by atoms with van der Waals surface area (Å²) < 4.78 is 0. The summed E-state index contributed by atoms with van der Waals surface area (Å²) in [6.07, 6.45) is 0. The van der Waals surface area contributed by atoms with Crippen molar-refractivity contribution in [3.63, 3.8) is 0 Å². The molecule has 0 saturated carbocycles. The van der Waals surface area contributed by atoms with E-state index in [4.69, 9.17) is 11.5 Å². The summed E-state index contributed by atoms with van der Waals surface area (Å²) >= 11 is 0. The lowest BCUT2D eigenvalue weighted by atomic mass is 9.83. The molecule has 33 heavy (non-hydrogen) atoms. The number of amides is 2. The van der Waals surface area contributed by atoms with Gasteiger partial charge in [0.05, 0.1) is 16.7 Å². The predicted molar refractivity (Wildman–Crippen MR) is 123 cm³/mol. The maximum Gasteiger partial charge on any atom is 0.336 e. The van der Waals surface area contributed by atoms with Gasteiger partial charge in [-0.05, 0) is 69.1 Å². The summed E-state index contributed by atoms with van der Waals surface area (Å²) in [5.41, 5.74) is 11.8. The van der Waals surface area contributed by atoms with Crippen LogP contribution in [0.25, 0.3) is 43.1 Å². The third-order valence-electron chi connectivity index (χ3n) is 6.19. The van der Waals surface area contributed by atoms with Crippen molar-refractivity contribution in [2.24, 2.45) is 11.5 Å². The summed E-state index contributed by atoms with van der Waals surface area (Å²) in [5, 5.41) is 23.4. The van der Waals surface area contributed by atoms with E-state index < -0.39 is 23.8 Å². The summed E-state index contributed by atoms with van der Waals surface area (Å²) in [6.45, 7) is 1.68. The monoisotopic (exact) mass is 440 g/mol. The Morgan fingerprint density at radius 2 is 1.06 bits per heavy atom. The number of carboxylic acids is 2. The molecule has 8 nitrogen and oxygen atoms in total. The summed E-state index contributed by atoms with van der Waals surface area (Å²) in [5.74, 6) is -3.93. The highest BCUT2D eigenvalue weighted by Crippen LogP contribution is 2.44. The number of carboxylic acid groups (broad SMARTS) is 2. The van der Waals surface area contributed by atoms with Gasteiger partial charge in [-0.15, -0.1) is 0 Å². The second kappa shape index (κ2) is 6.64. The van der Waals surface area contributed by atoms with Crippen LogP contribution < -0.4 is 11.5 Å². The molecule has 5 aromatic rings. The van der Waals surface area contributed by atoms with Gasteiger partial charge in [0.15, 0.2) is 0 Å². The molecule has 8 heteroatoms. The molecular formula is C25H16N2O6. The van der Waals surface area contributed by atoms with Gasteiger partial charge in [-0.3, -0.25) is 9.59 Å². The van der Waals surface area contributed by atoms with Crippen LogP contribution in [0.15, 0.2) is 42.5 Å². The quantitative estimate of drug-likeness (QED) is 0.246. The van der Waals surface area contributed by atoms with E-state index in [2.05, 4.69) is 0 Å². The molecular weight excluding hydrogens is 424 g/mol. The van der Waals surface area contributed by atoms with Gasteiger partial charge in [-0.25, -0.2) is 9.59 Å². The number of benzene rings is 5. The van der Waals surface area contributed by atoms with Crippen molar-refractivity contribution in [3.05, 3.63) is 70.3 Å². The number of fused-ring (bicyclic) bond motifs is 2. The van der Waals surface area contributed by atoms with Gasteiger partial charge >= 0.3 is 11.9 Å². The molecule has 6 N–H and O–H groups in total. The Morgan fingerprint density at radius 1 is 0.606 bits per heavy atom. The largest absolute Gasteiger partial charge is 0.478 e. The van der Waals surface area contributed by atoms with Crippen LogP contribution in [0.2, 0.25) is 0 Å². The van der Waals surface area contributed by atoms with Gasteiger partial charge < -0.3 is 21.7 Å². The maximum atomic E-state index is 12.4. The smallest absolute Gasteiger partial charge is 0.336 e. The molecule has 162 valence electrons. The van der Waals surface area contributed by atoms with E-state index in [1.54, 1.807) is 31.2 Å². The first kappa shape index (κ1) is 20.2. The maximum absolute atomic E-state index is 12.4. The van der Waals surface area contributed by atoms with Gasteiger partial charge in [0, 0.05) is 16.3 Å². The molecule has 0 spiro atoms. The minimum absolute atomic E-state index is 0.111. The molecule has 0 atom stereocenters. The molecule has 0 bridgehead atoms. The average Bonchev–Trinajstić information content (AvgIpc) is 2.75. The SMILES string of the molecule is Cc1cc2c3ccc(C(=O)O)c4c(C(=O)O)ccc(c5ccc(C(N)=O)c(c1C(N)=O)c52)c43. The highest BCUT2D eigenvalue weighted by atomic mass is 16.4. The third-order valence-corrected chi connectivity index (χ3v) is 6.19. The Labute approximate surface area is 185 Å². The van der Waals surface area contributed by atoms with Gasteiger partial charge in [0.25, 0.3) is 0 Å². The minimum atomic E-state index is -1.25. The highest BCUT2D eigenvalue weighted by molar-refractivity contribution is 6.38. The lowest BCUT2D eigenvalue weighted by molar-refractivity contribution is 0.0695. The first-order chi connectivity index (χ1) is 15.6. The summed E-state index contributed by atoms with van der Waals surface area (Å²) in [4.78, 5) is 48.5. The Morgan fingerprint density at radius 3 is 1.52 bits per heavy atom. The summed E-state index contributed by atoms with van der Waals surface area (Å²) in [7, 11) is 0. The van der Waals surface area contributed by atoms with Crippen LogP contribution in [0.5, 0.6) is 0 Å². The fourth-order valence-corrected chi connectivity index (χ4v) is 4.96. The van der Waals surface area contributed by atoms with Crippen molar-refractivity contribution in [3.8, 4) is 0 Å². The molecule has 0 unspecified atom stereocenters. The number of rotatable bonds is 4. The van der Waals surface area contributed by atoms with Crippen LogP contribution in [-0.2, 0) is 0 Å². The standard InChI is InChI=1S/C25H16N2O6/c1-9-8-16-12-4-7-15(25(32)33)20-14(24(30)31)6-3-10(18(12)20)11-2-5-13(22(26)28)21(19(11)16)17(9)23(27)29/h2-8H,1H3,(H2,26,28)(H2,27,29)(H,30,31)(H,32,33). The molecule has 0 saturated heterocycles. The average molecular weight is 440 g/mol. The zero-order valence-electron chi connectivity index (χ0n) is 17.2. The lowest BCUT2D eigenvalue weighted by Crippen LogP contribution is -2.18. The fraction of sp³-hybridized carbons (Fsp3) is 0.0400. The number of carbonyl (C=O) groups excluding carboxylic acids is 2. The van der Waals surface area contributed by atoms with Crippen molar-refractivity contribution in [2.45, 2.75) is 6.92 Å². The minimum Gasteiger partial charge on any atom is -0.478 e. The molecule has 5 aromatic carbocycles. The van der Waals surface area contributed by atoms with Crippen LogP contribution >= 0.6 is 0 Å². The molecule has 2 amide bonds. The lowest BCUT2D eigenvalue weighted by Gasteiger charge is -2.20. The molecule has 0 aliphatic rings. The van der Waals surface area contributed by atoms with Crippen LogP contribution in [0.4, 0.5) is 0 Å². The van der Waals surface area contributed by atoms with Crippen molar-refractivity contribution in [1.82, 2.24) is 0 Å². The van der Waals surface area contributed by atoms with Crippen molar-refractivity contribution < 1.29 is 29.4 Å². The Balaban J connectivity index is 2.20. The van der Waals surface area contributed by atoms with Gasteiger partial charge in [-0.1, -0.05) is 18.2 Å². The van der Waals surface area contributed by atoms with Gasteiger partial charge in [-0.2, -0.15) is 0 Å². The first-order valence-electron chi connectivity index (χ1n) is 9.90. The summed E-state index contributed by atoms with van der Waals surface area (Å²) in [6, 6.07) is 10.8. The van der Waals surface area contributed by atoms with Crippen LogP contribution in [0.1, 0.15) is 47.0 Å². The molecule has 5 rings (SSSR count). The molecule has 0 radical (unpaired) electrons. The van der Waals surface area contributed by atoms with E-state index in [1.807, 2.05) is 0 Å². The molecule has 0 fully saturated rings. The van der Waals surface area contributed by atoms with E-state index in [9.17, 15) is 29.4 Å². The third kappa shape index (κ3) is 2.58. The molecule has 0 aromatic heterocycles. The zero-order chi connectivity index (χ0) is 23.8. The van der Waals surface area contributed by atoms with Crippen molar-refractivity contribution in [1.29, 1.82) is 0 Å². The number of primary amides is 2. The van der Waals surface area contributed by atoms with Gasteiger partial charge in [0.1, 0.15) is 0 Å². The van der Waals surface area contributed by atoms with E-state index in [0.29, 0.717) is 43.3 Å². The van der Waals surface area contributed by atoms with Crippen molar-refractivity contribution in [2.75, 3.05) is 0 Å². The Bertz CT molecular complexity index is 1710. The van der Waals surface area contributed by atoms with Crippen LogP contribution in [-0.4, -0.2) is 34.0 Å². The zero-order valence-corrected chi connectivity index (χ0v) is 17.2. The predicted octanol–water partition coefficient (Wildman–Crippen LogP) is 3.64. The van der Waals surface area contributed by atoms with Crippen LogP contribution in [0, 0.1) is 6.92 Å². The van der Waals surface area contributed by atoms with Crippen molar-refractivity contribution >= 4 is 66.8 Å². The number of aromatic carboxylic acids is 2. The molecule has 0 aliphatic carbocycles. The molecule has 0 heterocycles. The second-order valence-corrected chi connectivity index (χ2v) is 7.94. The van der Waals surface area contributed by atoms with E-state index in [1.165, 1.54) is 18.2 Å².